The van der Waals surface area contributed by atoms with Gasteiger partial charge in [-0.15, -0.1) is 0 Å². The Balaban J connectivity index is 2.40. The maximum atomic E-state index is 12.2. The highest BCUT2D eigenvalue weighted by Gasteiger charge is 2.40. The van der Waals surface area contributed by atoms with Crippen molar-refractivity contribution in [1.29, 1.82) is 0 Å². The molecule has 0 bridgehead atoms. The van der Waals surface area contributed by atoms with E-state index in [9.17, 15) is 18.0 Å². The lowest BCUT2D eigenvalue weighted by molar-refractivity contribution is -0.140. The summed E-state index contributed by atoms with van der Waals surface area (Å²) in [4.78, 5) is 12.4. The number of alkyl halides is 3. The van der Waals surface area contributed by atoms with E-state index in [-0.39, 0.29) is 6.04 Å². The number of urea groups is 1. The van der Waals surface area contributed by atoms with E-state index in [0.717, 1.165) is 17.7 Å². The number of amides is 2. The van der Waals surface area contributed by atoms with E-state index in [1.54, 1.807) is 0 Å². The Kier molecular flexibility index (Phi) is 4.44. The molecular weight excluding hydrogens is 221 g/mol. The van der Waals surface area contributed by atoms with Crippen LogP contribution in [0.25, 0.3) is 0 Å². The molecule has 3 nitrogen and oxygen atoms in total. The van der Waals surface area contributed by atoms with Crippen molar-refractivity contribution in [2.75, 3.05) is 13.1 Å². The molecule has 0 atom stereocenters. The van der Waals surface area contributed by atoms with Crippen LogP contribution in [0.15, 0.2) is 0 Å². The fourth-order valence-electron chi connectivity index (χ4n) is 1.42. The number of halogens is 3. The van der Waals surface area contributed by atoms with Crippen LogP contribution in [-0.4, -0.2) is 36.2 Å². The van der Waals surface area contributed by atoms with Crippen molar-refractivity contribution in [2.45, 2.75) is 44.8 Å². The van der Waals surface area contributed by atoms with Crippen LogP contribution >= 0.6 is 0 Å². The van der Waals surface area contributed by atoms with Gasteiger partial charge < -0.3 is 10.2 Å². The third-order valence-electron chi connectivity index (χ3n) is 2.40. The maximum absolute atomic E-state index is 12.2. The van der Waals surface area contributed by atoms with Crippen LogP contribution < -0.4 is 5.32 Å². The number of nitrogens with zero attached hydrogens (tertiary/aromatic N) is 1. The minimum Gasteiger partial charge on any atom is -0.338 e. The summed E-state index contributed by atoms with van der Waals surface area (Å²) in [6, 6.07) is -0.809. The smallest absolute Gasteiger partial charge is 0.338 e. The van der Waals surface area contributed by atoms with Crippen molar-refractivity contribution in [3.05, 3.63) is 0 Å². The Labute approximate surface area is 93.0 Å². The molecule has 0 radical (unpaired) electrons. The van der Waals surface area contributed by atoms with Crippen LogP contribution in [0, 0.1) is 0 Å². The van der Waals surface area contributed by atoms with E-state index in [4.69, 9.17) is 0 Å². The molecule has 16 heavy (non-hydrogen) atoms. The van der Waals surface area contributed by atoms with E-state index < -0.39 is 18.8 Å². The predicted octanol–water partition coefficient (Wildman–Crippen LogP) is 2.52. The Morgan fingerprint density at radius 3 is 2.50 bits per heavy atom. The van der Waals surface area contributed by atoms with Crippen molar-refractivity contribution in [3.8, 4) is 0 Å². The second-order valence-corrected chi connectivity index (χ2v) is 4.06. The number of nitrogens with one attached hydrogen (secondary N) is 1. The zero-order valence-corrected chi connectivity index (χ0v) is 9.31. The summed E-state index contributed by atoms with van der Waals surface area (Å²) in [6.07, 6.45) is -1.27. The zero-order chi connectivity index (χ0) is 12.2. The van der Waals surface area contributed by atoms with Crippen LogP contribution in [0.1, 0.15) is 32.6 Å². The summed E-state index contributed by atoms with van der Waals surface area (Å²) in [5.41, 5.74) is 0. The van der Waals surface area contributed by atoms with Gasteiger partial charge in [0.1, 0.15) is 6.54 Å². The molecule has 1 N–H and O–H groups in total. The number of hydrogen-bond acceptors (Lipinski definition) is 1. The summed E-state index contributed by atoms with van der Waals surface area (Å²) in [5, 5.41) is 2.51. The normalized spacial score (nSPS) is 16.0. The van der Waals surface area contributed by atoms with Crippen LogP contribution in [0.5, 0.6) is 0 Å². The molecule has 0 unspecified atom stereocenters. The lowest BCUT2D eigenvalue weighted by Gasteiger charge is -2.23. The minimum atomic E-state index is -4.31. The topological polar surface area (TPSA) is 32.3 Å². The lowest BCUT2D eigenvalue weighted by atomic mass is 10.3. The highest BCUT2D eigenvalue weighted by atomic mass is 19.4. The maximum Gasteiger partial charge on any atom is 0.406 e. The fourth-order valence-corrected chi connectivity index (χ4v) is 1.42. The molecule has 1 aliphatic carbocycles. The Morgan fingerprint density at radius 1 is 1.44 bits per heavy atom. The summed E-state index contributed by atoms with van der Waals surface area (Å²) in [6.45, 7) is 1.26. The molecular formula is C10H17F3N2O. The molecule has 0 aromatic carbocycles. The fraction of sp³-hybridized carbons (Fsp3) is 0.900. The monoisotopic (exact) mass is 238 g/mol. The highest BCUT2D eigenvalue weighted by molar-refractivity contribution is 5.74. The number of unbranched alkanes of at least 4 members (excludes halogenated alkanes) is 1. The third-order valence-corrected chi connectivity index (χ3v) is 2.40. The average molecular weight is 238 g/mol. The molecule has 2 amide bonds. The molecule has 0 heterocycles. The first-order valence-electron chi connectivity index (χ1n) is 5.55. The van der Waals surface area contributed by atoms with Gasteiger partial charge in [0.25, 0.3) is 0 Å². The van der Waals surface area contributed by atoms with Gasteiger partial charge in [0.15, 0.2) is 0 Å². The van der Waals surface area contributed by atoms with Gasteiger partial charge in [-0.1, -0.05) is 13.3 Å². The van der Waals surface area contributed by atoms with Crippen LogP contribution in [0.3, 0.4) is 0 Å². The van der Waals surface area contributed by atoms with Crippen LogP contribution in [-0.2, 0) is 0 Å². The van der Waals surface area contributed by atoms with Gasteiger partial charge in [0, 0.05) is 12.6 Å². The lowest BCUT2D eigenvalue weighted by Crippen LogP contribution is -2.46. The standard InChI is InChI=1S/C10H17F3N2O/c1-2-3-6-14-9(16)15(8-4-5-8)7-10(11,12)13/h8H,2-7H2,1H3,(H,14,16). The third kappa shape index (κ3) is 4.72. The molecule has 0 aromatic heterocycles. The first-order chi connectivity index (χ1) is 7.44. The first kappa shape index (κ1) is 13.1. The summed E-state index contributed by atoms with van der Waals surface area (Å²) in [5.74, 6) is 0. The summed E-state index contributed by atoms with van der Waals surface area (Å²) < 4.78 is 36.7. The molecule has 1 fully saturated rings. The van der Waals surface area contributed by atoms with Crippen molar-refractivity contribution in [2.24, 2.45) is 0 Å². The predicted molar refractivity (Wildman–Crippen MR) is 54.1 cm³/mol. The van der Waals surface area contributed by atoms with Crippen molar-refractivity contribution in [1.82, 2.24) is 10.2 Å². The second-order valence-electron chi connectivity index (χ2n) is 4.06. The molecule has 6 heteroatoms. The molecule has 0 saturated heterocycles. The van der Waals surface area contributed by atoms with E-state index in [1.807, 2.05) is 6.92 Å². The zero-order valence-electron chi connectivity index (χ0n) is 9.31. The van der Waals surface area contributed by atoms with Gasteiger partial charge in [0.05, 0.1) is 0 Å². The molecule has 0 aliphatic heterocycles. The van der Waals surface area contributed by atoms with Crippen LogP contribution in [0.4, 0.5) is 18.0 Å². The molecule has 1 aliphatic rings. The van der Waals surface area contributed by atoms with E-state index in [0.29, 0.717) is 19.4 Å². The SMILES string of the molecule is CCCCNC(=O)N(CC(F)(F)F)C1CC1. The van der Waals surface area contributed by atoms with Gasteiger partial charge in [-0.05, 0) is 19.3 Å². The number of hydrogen-bond donors (Lipinski definition) is 1. The van der Waals surface area contributed by atoms with Gasteiger partial charge in [-0.3, -0.25) is 0 Å². The number of carbonyl (C=O) groups is 1. The molecule has 94 valence electrons. The minimum absolute atomic E-state index is 0.219. The Hall–Kier alpha value is -0.940. The van der Waals surface area contributed by atoms with Gasteiger partial charge in [-0.2, -0.15) is 13.2 Å². The Bertz CT molecular complexity index is 239. The van der Waals surface area contributed by atoms with E-state index in [2.05, 4.69) is 5.32 Å². The Morgan fingerprint density at radius 2 is 2.06 bits per heavy atom. The number of carbonyl (C=O) groups excluding carboxylic acids is 1. The van der Waals surface area contributed by atoms with Gasteiger partial charge >= 0.3 is 12.2 Å². The molecule has 1 rings (SSSR count). The highest BCUT2D eigenvalue weighted by Crippen LogP contribution is 2.29. The largest absolute Gasteiger partial charge is 0.406 e. The first-order valence-corrected chi connectivity index (χ1v) is 5.55. The second kappa shape index (κ2) is 5.41. The summed E-state index contributed by atoms with van der Waals surface area (Å²) in [7, 11) is 0. The van der Waals surface area contributed by atoms with Gasteiger partial charge in [-0.25, -0.2) is 4.79 Å². The average Bonchev–Trinajstić information content (AvgIpc) is 2.96. The van der Waals surface area contributed by atoms with Crippen molar-refractivity contribution >= 4 is 6.03 Å². The van der Waals surface area contributed by atoms with Crippen LogP contribution in [0.2, 0.25) is 0 Å². The van der Waals surface area contributed by atoms with E-state index in [1.165, 1.54) is 0 Å². The molecule has 1 saturated carbocycles. The molecule has 0 spiro atoms. The van der Waals surface area contributed by atoms with Gasteiger partial charge in [0.2, 0.25) is 0 Å². The quantitative estimate of drug-likeness (QED) is 0.733. The van der Waals surface area contributed by atoms with Crippen molar-refractivity contribution in [3.63, 3.8) is 0 Å². The number of rotatable bonds is 5. The summed E-state index contributed by atoms with van der Waals surface area (Å²) >= 11 is 0. The van der Waals surface area contributed by atoms with Crippen molar-refractivity contribution < 1.29 is 18.0 Å². The van der Waals surface area contributed by atoms with E-state index >= 15 is 0 Å². The molecule has 0 aromatic rings.